The van der Waals surface area contributed by atoms with Crippen molar-refractivity contribution >= 4 is 47.0 Å². The van der Waals surface area contributed by atoms with Gasteiger partial charge in [-0.15, -0.1) is 0 Å². The van der Waals surface area contributed by atoms with E-state index < -0.39 is 0 Å². The van der Waals surface area contributed by atoms with Gasteiger partial charge in [-0.25, -0.2) is 0 Å². The summed E-state index contributed by atoms with van der Waals surface area (Å²) in [5.74, 6) is 3.50. The zero-order valence-electron chi connectivity index (χ0n) is 26.9. The van der Waals surface area contributed by atoms with Gasteiger partial charge in [-0.3, -0.25) is 0 Å². The second kappa shape index (κ2) is 20.3. The Bertz CT molecular complexity index is 1240. The average Bonchev–Trinajstić information content (AvgIpc) is 3.03. The minimum absolute atomic E-state index is 0. The molecule has 4 aromatic carbocycles. The van der Waals surface area contributed by atoms with Gasteiger partial charge < -0.3 is 31.4 Å². The van der Waals surface area contributed by atoms with E-state index in [0.717, 1.165) is 87.8 Å². The first kappa shape index (κ1) is 39.1. The molecule has 1 heterocycles. The van der Waals surface area contributed by atoms with Gasteiger partial charge in [0.25, 0.3) is 0 Å². The van der Waals surface area contributed by atoms with Crippen LogP contribution in [0.5, 0.6) is 23.0 Å². The first-order valence-electron chi connectivity index (χ1n) is 15.3. The van der Waals surface area contributed by atoms with Gasteiger partial charge >= 0.3 is 27.7 Å². The molecule has 0 unspecified atom stereocenters. The molecule has 0 saturated carbocycles. The van der Waals surface area contributed by atoms with Crippen molar-refractivity contribution in [2.75, 3.05) is 26.4 Å². The molecule has 0 spiro atoms. The number of halogens is 1. The molecule has 1 aliphatic rings. The quantitative estimate of drug-likeness (QED) is 0.116. The van der Waals surface area contributed by atoms with E-state index in [1.54, 1.807) is 47.0 Å². The summed E-state index contributed by atoms with van der Waals surface area (Å²) in [4.78, 5) is 8.28. The van der Waals surface area contributed by atoms with Crippen molar-refractivity contribution in [1.82, 2.24) is 0 Å². The molecule has 8 bridgehead atoms. The summed E-state index contributed by atoms with van der Waals surface area (Å²) in [6.45, 7) is 11.1. The molecule has 240 valence electrons. The van der Waals surface area contributed by atoms with Gasteiger partial charge in [-0.2, -0.15) is 0 Å². The number of ether oxygens (including phenoxy) is 4. The largest absolute Gasteiger partial charge is 1.00 e. The summed E-state index contributed by atoms with van der Waals surface area (Å²) < 4.78 is 25.9. The van der Waals surface area contributed by atoms with Crippen LogP contribution in [0.15, 0.2) is 106 Å². The van der Waals surface area contributed by atoms with Crippen LogP contribution >= 0.6 is 47.0 Å². The van der Waals surface area contributed by atoms with Crippen LogP contribution in [-0.4, -0.2) is 26.4 Å². The van der Waals surface area contributed by atoms with E-state index in [0.29, 0.717) is 26.4 Å². The van der Waals surface area contributed by atoms with E-state index in [9.17, 15) is 0 Å². The molecule has 0 amide bonds. The first-order valence-corrected chi connectivity index (χ1v) is 18.6. The third-order valence-electron chi connectivity index (χ3n) is 6.38. The summed E-state index contributed by atoms with van der Waals surface area (Å²) >= 11 is 6.70. The van der Waals surface area contributed by atoms with Gasteiger partial charge in [0.15, 0.2) is 0 Å². The normalized spacial score (nSPS) is 11.9. The first-order chi connectivity index (χ1) is 21.7. The summed E-state index contributed by atoms with van der Waals surface area (Å²) in [6.07, 6.45) is 3.68. The summed E-state index contributed by atoms with van der Waals surface area (Å²) in [6, 6.07) is 26.7. The molecular formula is C36H39ClHgO4S4. The number of benzene rings is 4. The van der Waals surface area contributed by atoms with Crippen molar-refractivity contribution in [2.24, 2.45) is 0 Å². The predicted octanol–water partition coefficient (Wildman–Crippen LogP) is 8.56. The summed E-state index contributed by atoms with van der Waals surface area (Å²) in [7, 11) is 0. The Hall–Kier alpha value is -1.29. The van der Waals surface area contributed by atoms with Gasteiger partial charge in [0, 0.05) is 6.07 Å². The Kier molecular flexibility index (Phi) is 17.3. The Morgan fingerprint density at radius 3 is 1.11 bits per heavy atom. The van der Waals surface area contributed by atoms with Gasteiger partial charge in [0.05, 0.1) is 65.6 Å². The van der Waals surface area contributed by atoms with Crippen LogP contribution in [0.25, 0.3) is 0 Å². The Balaban J connectivity index is 0.00000288. The van der Waals surface area contributed by atoms with Crippen LogP contribution in [0, 0.1) is 6.07 Å². The minimum atomic E-state index is 0. The van der Waals surface area contributed by atoms with E-state index in [4.69, 9.17) is 18.9 Å². The molecular weight excluding hydrogens is 861 g/mol. The van der Waals surface area contributed by atoms with Crippen LogP contribution in [0.2, 0.25) is 0 Å². The van der Waals surface area contributed by atoms with Crippen molar-refractivity contribution in [3.8, 4) is 23.0 Å². The van der Waals surface area contributed by atoms with Crippen LogP contribution < -0.4 is 31.4 Å². The Labute approximate surface area is 318 Å². The molecule has 10 heteroatoms. The maximum atomic E-state index is 6.48. The second-order valence-corrected chi connectivity index (χ2v) is 14.4. The minimum Gasteiger partial charge on any atom is -1.00 e. The number of hydrogen-bond donors (Lipinski definition) is 0. The van der Waals surface area contributed by atoms with Gasteiger partial charge in [0.1, 0.15) is 23.0 Å². The van der Waals surface area contributed by atoms with Crippen LogP contribution in [0.4, 0.5) is 0 Å². The molecule has 0 aliphatic carbocycles. The number of rotatable bonds is 12. The van der Waals surface area contributed by atoms with Crippen molar-refractivity contribution in [3.63, 3.8) is 0 Å². The maximum absolute atomic E-state index is 6.48. The zero-order chi connectivity index (χ0) is 30.7. The molecule has 2 radical (unpaired) electrons. The second-order valence-electron chi connectivity index (χ2n) is 10.1. The number of para-hydroxylation sites is 3. The number of hydrogen-bond acceptors (Lipinski definition) is 8. The van der Waals surface area contributed by atoms with E-state index in [1.165, 1.54) is 0 Å². The summed E-state index contributed by atoms with van der Waals surface area (Å²) in [5.41, 5.74) is 0. The molecule has 5 rings (SSSR count). The van der Waals surface area contributed by atoms with Crippen molar-refractivity contribution in [3.05, 3.63) is 72.8 Å². The molecule has 0 aromatic heterocycles. The third-order valence-corrected chi connectivity index (χ3v) is 10.7. The molecule has 0 fully saturated rings. The standard InChI is InChI=1S/C36H39O4S4.ClH.Hg/c1-5-21-37-33-25-13-9-14-26(33)42-28-16-11-18-30(35(28)39-23-7-3)44-32-20-12-19-31(36(32)40-24-8-4)43-29-17-10-15-27(41-25)34(29)38-22-6-2;;/h9-19H,5-8,21-24H2,1-4H3;1H;/q;;+1/p-1. The van der Waals surface area contributed by atoms with Crippen LogP contribution in [-0.2, 0) is 27.7 Å². The Morgan fingerprint density at radius 1 is 0.457 bits per heavy atom. The van der Waals surface area contributed by atoms with E-state index in [-0.39, 0.29) is 40.1 Å². The fourth-order valence-electron chi connectivity index (χ4n) is 4.42. The predicted molar refractivity (Wildman–Crippen MR) is 184 cm³/mol. The molecule has 1 aliphatic heterocycles. The van der Waals surface area contributed by atoms with E-state index in [1.807, 2.05) is 6.07 Å². The van der Waals surface area contributed by atoms with E-state index in [2.05, 4.69) is 94.4 Å². The SMILES string of the molecule is CCCOc1c2[c]ccc1Sc1cccc(c1OCCC)Sc1cccc(c1OCCC)Sc1cccc(c1OCCC)S2.[Cl-].[Hg+]. The Morgan fingerprint density at radius 2 is 0.761 bits per heavy atom. The molecule has 4 aromatic rings. The van der Waals surface area contributed by atoms with Crippen molar-refractivity contribution in [1.29, 1.82) is 0 Å². The third kappa shape index (κ3) is 9.88. The van der Waals surface area contributed by atoms with Crippen molar-refractivity contribution < 1.29 is 59.0 Å². The van der Waals surface area contributed by atoms with Gasteiger partial charge in [-0.1, -0.05) is 99.0 Å². The maximum Gasteiger partial charge on any atom is 1.00 e. The van der Waals surface area contributed by atoms with Crippen LogP contribution in [0.3, 0.4) is 0 Å². The van der Waals surface area contributed by atoms with E-state index >= 15 is 0 Å². The summed E-state index contributed by atoms with van der Waals surface area (Å²) in [5, 5.41) is 0. The molecule has 0 saturated heterocycles. The smallest absolute Gasteiger partial charge is 1.00 e. The molecule has 4 nitrogen and oxygen atoms in total. The molecule has 0 N–H and O–H groups in total. The monoisotopic (exact) mass is 900 g/mol. The molecule has 46 heavy (non-hydrogen) atoms. The van der Waals surface area contributed by atoms with Gasteiger partial charge in [0.2, 0.25) is 0 Å². The topological polar surface area (TPSA) is 36.9 Å². The fraction of sp³-hybridized carbons (Fsp3) is 0.333. The van der Waals surface area contributed by atoms with Crippen LogP contribution in [0.1, 0.15) is 53.4 Å². The average molecular weight is 900 g/mol. The van der Waals surface area contributed by atoms with Gasteiger partial charge in [-0.05, 0) is 68.1 Å². The molecule has 0 atom stereocenters. The fourth-order valence-corrected chi connectivity index (χ4v) is 8.83. The van der Waals surface area contributed by atoms with Crippen molar-refractivity contribution in [2.45, 2.75) is 92.5 Å². The number of fused-ring (bicyclic) bond motifs is 8. The zero-order valence-corrected chi connectivity index (χ0v) is 36.4.